The number of allylic oxidation sites excluding steroid dienone is 2. The van der Waals surface area contributed by atoms with Gasteiger partial charge in [0.15, 0.2) is 5.79 Å². The maximum absolute atomic E-state index is 11.3. The fourth-order valence-electron chi connectivity index (χ4n) is 7.51. The minimum atomic E-state index is -0.457. The summed E-state index contributed by atoms with van der Waals surface area (Å²) >= 11 is 0. The van der Waals surface area contributed by atoms with E-state index in [1.54, 1.807) is 5.57 Å². The predicted molar refractivity (Wildman–Crippen MR) is 102 cm³/mol. The Hall–Kier alpha value is -0.380. The van der Waals surface area contributed by atoms with E-state index >= 15 is 0 Å². The van der Waals surface area contributed by atoms with Gasteiger partial charge in [-0.15, -0.1) is 0 Å². The van der Waals surface area contributed by atoms with Crippen molar-refractivity contribution in [1.82, 2.24) is 0 Å². The molecule has 1 heterocycles. The highest BCUT2D eigenvalue weighted by Crippen LogP contribution is 2.66. The van der Waals surface area contributed by atoms with Crippen molar-refractivity contribution in [3.63, 3.8) is 0 Å². The number of aliphatic hydroxyl groups excluding tert-OH is 1. The molecule has 5 rings (SSSR count). The van der Waals surface area contributed by atoms with Crippen molar-refractivity contribution < 1.29 is 14.6 Å². The van der Waals surface area contributed by atoms with Crippen LogP contribution in [0.2, 0.25) is 0 Å². The molecule has 26 heavy (non-hydrogen) atoms. The number of hydrogen-bond donors (Lipinski definition) is 1. The highest BCUT2D eigenvalue weighted by Gasteiger charge is 2.67. The first-order valence-corrected chi connectivity index (χ1v) is 11.0. The van der Waals surface area contributed by atoms with Crippen LogP contribution in [0.4, 0.5) is 0 Å². The second kappa shape index (κ2) is 5.81. The molecule has 5 aliphatic rings. The van der Waals surface area contributed by atoms with Crippen molar-refractivity contribution in [1.29, 1.82) is 0 Å². The molecule has 0 aromatic carbocycles. The van der Waals surface area contributed by atoms with Crippen molar-refractivity contribution in [3.8, 4) is 0 Å². The lowest BCUT2D eigenvalue weighted by atomic mass is 9.50. The van der Waals surface area contributed by atoms with Crippen LogP contribution in [-0.2, 0) is 9.47 Å². The van der Waals surface area contributed by atoms with Crippen molar-refractivity contribution in [2.24, 2.45) is 34.5 Å². The topological polar surface area (TPSA) is 38.7 Å². The Morgan fingerprint density at radius 1 is 1.08 bits per heavy atom. The third-order valence-electron chi connectivity index (χ3n) is 8.79. The van der Waals surface area contributed by atoms with Crippen LogP contribution < -0.4 is 0 Å². The zero-order valence-corrected chi connectivity index (χ0v) is 16.8. The van der Waals surface area contributed by atoms with Crippen LogP contribution in [0.25, 0.3) is 0 Å². The standard InChI is InChI=1S/C23H36O3/c1-21(2)13-25-23(26-14-21)11-10-18-17-9-8-15-6-4-5-7-16(15)20(17)19(24)12-22(18,23)3/h6,16-20,24H,4-5,7-14H2,1-3H3/t16-,17-,18-,19-,20+,22-/m0/s1. The lowest BCUT2D eigenvalue weighted by molar-refractivity contribution is -0.351. The monoisotopic (exact) mass is 360 g/mol. The molecular weight excluding hydrogens is 324 g/mol. The van der Waals surface area contributed by atoms with Crippen molar-refractivity contribution in [2.75, 3.05) is 13.2 Å². The Morgan fingerprint density at radius 2 is 1.85 bits per heavy atom. The molecule has 4 aliphatic carbocycles. The summed E-state index contributed by atoms with van der Waals surface area (Å²) in [7, 11) is 0. The minimum absolute atomic E-state index is 0.0417. The first-order chi connectivity index (χ1) is 12.4. The first kappa shape index (κ1) is 17.7. The number of fused-ring (bicyclic) bond motifs is 6. The summed E-state index contributed by atoms with van der Waals surface area (Å²) in [5.74, 6) is 1.95. The minimum Gasteiger partial charge on any atom is -0.393 e. The van der Waals surface area contributed by atoms with Gasteiger partial charge in [0.2, 0.25) is 0 Å². The summed E-state index contributed by atoms with van der Waals surface area (Å²) in [6, 6.07) is 0. The smallest absolute Gasteiger partial charge is 0.173 e. The van der Waals surface area contributed by atoms with Gasteiger partial charge in [0.25, 0.3) is 0 Å². The van der Waals surface area contributed by atoms with Gasteiger partial charge in [-0.2, -0.15) is 0 Å². The quantitative estimate of drug-likeness (QED) is 0.637. The molecule has 0 aromatic heterocycles. The third-order valence-corrected chi connectivity index (χ3v) is 8.79. The van der Waals surface area contributed by atoms with Gasteiger partial charge in [0.1, 0.15) is 0 Å². The molecule has 0 aromatic rings. The molecule has 0 bridgehead atoms. The van der Waals surface area contributed by atoms with Gasteiger partial charge < -0.3 is 14.6 Å². The van der Waals surface area contributed by atoms with E-state index in [4.69, 9.17) is 9.47 Å². The van der Waals surface area contributed by atoms with E-state index in [0.29, 0.717) is 23.7 Å². The largest absolute Gasteiger partial charge is 0.393 e. The number of hydrogen-bond acceptors (Lipinski definition) is 3. The number of ether oxygens (including phenoxy) is 2. The zero-order chi connectivity index (χ0) is 18.2. The Balaban J connectivity index is 1.45. The molecule has 0 unspecified atom stereocenters. The van der Waals surface area contributed by atoms with Crippen LogP contribution in [0.3, 0.4) is 0 Å². The molecule has 6 atom stereocenters. The normalized spacial score (nSPS) is 49.1. The van der Waals surface area contributed by atoms with Crippen LogP contribution in [0.1, 0.15) is 72.1 Å². The number of aliphatic hydroxyl groups is 1. The van der Waals surface area contributed by atoms with Crippen LogP contribution in [0.5, 0.6) is 0 Å². The Labute approximate surface area is 158 Å². The second-order valence-electron chi connectivity index (χ2n) is 10.9. The zero-order valence-electron chi connectivity index (χ0n) is 16.8. The van der Waals surface area contributed by atoms with E-state index in [0.717, 1.165) is 26.1 Å². The highest BCUT2D eigenvalue weighted by molar-refractivity contribution is 5.21. The molecule has 3 heteroatoms. The van der Waals surface area contributed by atoms with Gasteiger partial charge in [0.05, 0.1) is 19.3 Å². The summed E-state index contributed by atoms with van der Waals surface area (Å²) in [4.78, 5) is 0. The van der Waals surface area contributed by atoms with Gasteiger partial charge in [-0.05, 0) is 68.6 Å². The lowest BCUT2D eigenvalue weighted by Gasteiger charge is -2.59. The Kier molecular flexibility index (Phi) is 3.96. The first-order valence-electron chi connectivity index (χ1n) is 11.0. The molecule has 4 fully saturated rings. The average molecular weight is 361 g/mol. The second-order valence-corrected chi connectivity index (χ2v) is 10.9. The van der Waals surface area contributed by atoms with Gasteiger partial charge in [0, 0.05) is 17.3 Å². The molecule has 0 radical (unpaired) electrons. The van der Waals surface area contributed by atoms with E-state index in [1.807, 2.05) is 0 Å². The molecule has 1 N–H and O–H groups in total. The fourth-order valence-corrected chi connectivity index (χ4v) is 7.51. The van der Waals surface area contributed by atoms with Crippen LogP contribution in [0.15, 0.2) is 11.6 Å². The number of rotatable bonds is 0. The summed E-state index contributed by atoms with van der Waals surface area (Å²) in [5, 5.41) is 11.3. The maximum atomic E-state index is 11.3. The van der Waals surface area contributed by atoms with Gasteiger partial charge in [-0.1, -0.05) is 32.4 Å². The van der Waals surface area contributed by atoms with Crippen LogP contribution >= 0.6 is 0 Å². The fraction of sp³-hybridized carbons (Fsp3) is 0.913. The molecule has 1 spiro atoms. The van der Waals surface area contributed by atoms with Crippen molar-refractivity contribution in [3.05, 3.63) is 11.6 Å². The average Bonchev–Trinajstić information content (AvgIpc) is 2.89. The molecule has 146 valence electrons. The maximum Gasteiger partial charge on any atom is 0.173 e. The Morgan fingerprint density at radius 3 is 2.62 bits per heavy atom. The van der Waals surface area contributed by atoms with E-state index in [2.05, 4.69) is 26.8 Å². The van der Waals surface area contributed by atoms with Crippen LogP contribution in [-0.4, -0.2) is 30.2 Å². The van der Waals surface area contributed by atoms with Gasteiger partial charge >= 0.3 is 0 Å². The van der Waals surface area contributed by atoms with Gasteiger partial charge in [-0.3, -0.25) is 0 Å². The molecule has 1 aliphatic heterocycles. The Bertz CT molecular complexity index is 599. The van der Waals surface area contributed by atoms with Gasteiger partial charge in [-0.25, -0.2) is 0 Å². The molecular formula is C23H36O3. The summed E-state index contributed by atoms with van der Waals surface area (Å²) in [5.41, 5.74) is 1.72. The molecule has 0 amide bonds. The lowest BCUT2D eigenvalue weighted by Crippen LogP contribution is -2.61. The van der Waals surface area contributed by atoms with E-state index in [-0.39, 0.29) is 16.9 Å². The summed E-state index contributed by atoms with van der Waals surface area (Å²) < 4.78 is 13.0. The van der Waals surface area contributed by atoms with E-state index in [9.17, 15) is 5.11 Å². The SMILES string of the molecule is CC1(C)COC2(CC[C@H]3[C@@H]4CCC5=CCCC[C@@H]5[C@H]4[C@@H](O)C[C@@]32C)OC1. The van der Waals surface area contributed by atoms with Crippen LogP contribution in [0, 0.1) is 34.5 Å². The van der Waals surface area contributed by atoms with E-state index < -0.39 is 5.79 Å². The third kappa shape index (κ3) is 2.36. The predicted octanol–water partition coefficient (Wildman–Crippen LogP) is 4.69. The molecule has 1 saturated heterocycles. The van der Waals surface area contributed by atoms with Crippen molar-refractivity contribution >= 4 is 0 Å². The van der Waals surface area contributed by atoms with Crippen molar-refractivity contribution in [2.45, 2.75) is 84.0 Å². The summed E-state index contributed by atoms with van der Waals surface area (Å²) in [6.07, 6.45) is 11.7. The van der Waals surface area contributed by atoms with E-state index in [1.165, 1.54) is 38.5 Å². The highest BCUT2D eigenvalue weighted by atomic mass is 16.7. The molecule has 3 nitrogen and oxygen atoms in total. The molecule has 3 saturated carbocycles. The summed E-state index contributed by atoms with van der Waals surface area (Å²) in [6.45, 7) is 8.36.